The summed E-state index contributed by atoms with van der Waals surface area (Å²) in [5.74, 6) is 0.223. The van der Waals surface area contributed by atoms with E-state index in [2.05, 4.69) is 5.32 Å². The van der Waals surface area contributed by atoms with Gasteiger partial charge in [-0.2, -0.15) is 0 Å². The zero-order valence-electron chi connectivity index (χ0n) is 18.1. The topological polar surface area (TPSA) is 120 Å². The molecule has 1 aliphatic heterocycles. The highest BCUT2D eigenvalue weighted by Gasteiger charge is 2.36. The van der Waals surface area contributed by atoms with Gasteiger partial charge in [0.15, 0.2) is 11.5 Å². The van der Waals surface area contributed by atoms with Crippen LogP contribution in [0.5, 0.6) is 17.2 Å². The number of amides is 2. The van der Waals surface area contributed by atoms with Crippen LogP contribution >= 0.6 is 0 Å². The van der Waals surface area contributed by atoms with Crippen molar-refractivity contribution < 1.29 is 28.7 Å². The molecule has 0 bridgehead atoms. The Morgan fingerprint density at radius 1 is 1.12 bits per heavy atom. The van der Waals surface area contributed by atoms with Crippen LogP contribution in [0, 0.1) is 16.0 Å². The van der Waals surface area contributed by atoms with Crippen molar-refractivity contribution in [1.82, 2.24) is 5.32 Å². The largest absolute Gasteiger partial charge is 0.495 e. The quantitative estimate of drug-likeness (QED) is 0.466. The fourth-order valence-electron chi connectivity index (χ4n) is 3.71. The summed E-state index contributed by atoms with van der Waals surface area (Å²) in [6.07, 6.45) is 0.305. The number of carbonyl (C=O) groups is 2. The van der Waals surface area contributed by atoms with E-state index in [-0.39, 0.29) is 49.2 Å². The van der Waals surface area contributed by atoms with E-state index in [4.69, 9.17) is 14.2 Å². The Hall–Kier alpha value is -3.82. The molecular formula is C22H25N3O7. The third-order valence-electron chi connectivity index (χ3n) is 5.35. The second-order valence-electron chi connectivity index (χ2n) is 7.21. The van der Waals surface area contributed by atoms with Crippen LogP contribution in [-0.4, -0.2) is 51.2 Å². The molecule has 32 heavy (non-hydrogen) atoms. The van der Waals surface area contributed by atoms with E-state index in [1.807, 2.05) is 0 Å². The Morgan fingerprint density at radius 3 is 2.44 bits per heavy atom. The number of ether oxygens (including phenoxy) is 3. The lowest BCUT2D eigenvalue weighted by atomic mass is 10.1. The number of methoxy groups -OCH3 is 3. The smallest absolute Gasteiger partial charge is 0.276 e. The first kappa shape index (κ1) is 22.9. The molecule has 1 unspecified atom stereocenters. The minimum Gasteiger partial charge on any atom is -0.495 e. The van der Waals surface area contributed by atoms with E-state index in [0.29, 0.717) is 22.7 Å². The van der Waals surface area contributed by atoms with Crippen molar-refractivity contribution in [3.8, 4) is 17.2 Å². The maximum atomic E-state index is 12.7. The van der Waals surface area contributed by atoms with Gasteiger partial charge in [-0.05, 0) is 24.6 Å². The zero-order valence-corrected chi connectivity index (χ0v) is 18.1. The summed E-state index contributed by atoms with van der Waals surface area (Å²) < 4.78 is 15.7. The van der Waals surface area contributed by atoms with Crippen LogP contribution in [0.25, 0.3) is 0 Å². The average Bonchev–Trinajstić information content (AvgIpc) is 3.19. The van der Waals surface area contributed by atoms with E-state index in [0.717, 1.165) is 0 Å². The highest BCUT2D eigenvalue weighted by atomic mass is 16.6. The molecule has 0 spiro atoms. The van der Waals surface area contributed by atoms with E-state index in [1.165, 1.54) is 33.5 Å². The predicted molar refractivity (Wildman–Crippen MR) is 116 cm³/mol. The van der Waals surface area contributed by atoms with Gasteiger partial charge in [0, 0.05) is 25.1 Å². The molecule has 2 aromatic carbocycles. The normalized spacial score (nSPS) is 15.4. The van der Waals surface area contributed by atoms with E-state index >= 15 is 0 Å². The molecule has 0 saturated carbocycles. The van der Waals surface area contributed by atoms with Crippen LogP contribution in [0.1, 0.15) is 12.0 Å². The van der Waals surface area contributed by atoms with Crippen molar-refractivity contribution in [3.05, 3.63) is 52.1 Å². The molecule has 3 rings (SSSR count). The lowest BCUT2D eigenvalue weighted by Gasteiger charge is -2.19. The van der Waals surface area contributed by atoms with E-state index in [9.17, 15) is 19.7 Å². The standard InChI is InChI=1S/C22H25N3O7/c1-30-18-7-5-4-6-16(18)24-13-15(11-21(24)26)22(27)23-9-8-14-10-19(31-2)20(32-3)12-17(14)25(28)29/h4-7,10,12,15H,8-9,11,13H2,1-3H3,(H,23,27). The summed E-state index contributed by atoms with van der Waals surface area (Å²) in [6.45, 7) is 0.413. The number of benzene rings is 2. The number of nitro benzene ring substituents is 1. The highest BCUT2D eigenvalue weighted by molar-refractivity contribution is 6.01. The summed E-state index contributed by atoms with van der Waals surface area (Å²) in [6, 6.07) is 9.97. The molecule has 0 aromatic heterocycles. The van der Waals surface area contributed by atoms with Crippen molar-refractivity contribution >= 4 is 23.2 Å². The summed E-state index contributed by atoms with van der Waals surface area (Å²) in [4.78, 5) is 37.6. The molecule has 10 heteroatoms. The number of nitrogens with zero attached hydrogens (tertiary/aromatic N) is 2. The van der Waals surface area contributed by atoms with Crippen LogP contribution in [-0.2, 0) is 16.0 Å². The van der Waals surface area contributed by atoms with Crippen molar-refractivity contribution in [1.29, 1.82) is 0 Å². The number of rotatable bonds is 9. The molecule has 1 aliphatic rings. The number of nitrogens with one attached hydrogen (secondary N) is 1. The van der Waals surface area contributed by atoms with E-state index in [1.54, 1.807) is 29.2 Å². The molecule has 0 radical (unpaired) electrons. The van der Waals surface area contributed by atoms with Crippen LogP contribution in [0.4, 0.5) is 11.4 Å². The van der Waals surface area contributed by atoms with Gasteiger partial charge in [-0.1, -0.05) is 12.1 Å². The number of carbonyl (C=O) groups excluding carboxylic acids is 2. The van der Waals surface area contributed by atoms with Crippen molar-refractivity contribution in [2.75, 3.05) is 39.3 Å². The van der Waals surface area contributed by atoms with Crippen molar-refractivity contribution in [2.45, 2.75) is 12.8 Å². The molecule has 10 nitrogen and oxygen atoms in total. The van der Waals surface area contributed by atoms with Gasteiger partial charge in [0.1, 0.15) is 5.75 Å². The average molecular weight is 443 g/mol. The zero-order chi connectivity index (χ0) is 23.3. The minimum atomic E-state index is -0.521. The lowest BCUT2D eigenvalue weighted by molar-refractivity contribution is -0.385. The van der Waals surface area contributed by atoms with Gasteiger partial charge < -0.3 is 24.4 Å². The summed E-state index contributed by atoms with van der Waals surface area (Å²) in [7, 11) is 4.37. The molecule has 2 amide bonds. The maximum Gasteiger partial charge on any atom is 0.276 e. The third-order valence-corrected chi connectivity index (χ3v) is 5.35. The van der Waals surface area contributed by atoms with Crippen molar-refractivity contribution in [3.63, 3.8) is 0 Å². The number of hydrogen-bond donors (Lipinski definition) is 1. The summed E-state index contributed by atoms with van der Waals surface area (Å²) in [5, 5.41) is 14.2. The Morgan fingerprint density at radius 2 is 1.78 bits per heavy atom. The van der Waals surface area contributed by atoms with Crippen LogP contribution in [0.15, 0.2) is 36.4 Å². The Bertz CT molecular complexity index is 1020. The van der Waals surface area contributed by atoms with Gasteiger partial charge in [0.2, 0.25) is 11.8 Å². The molecule has 1 heterocycles. The first-order chi connectivity index (χ1) is 15.4. The number of hydrogen-bond acceptors (Lipinski definition) is 7. The number of anilines is 1. The Labute approximate surface area is 185 Å². The minimum absolute atomic E-state index is 0.0837. The molecule has 1 saturated heterocycles. The highest BCUT2D eigenvalue weighted by Crippen LogP contribution is 2.35. The Kier molecular flexibility index (Phi) is 7.14. The Balaban J connectivity index is 1.64. The monoisotopic (exact) mass is 443 g/mol. The number of nitro groups is 1. The van der Waals surface area contributed by atoms with Crippen LogP contribution < -0.4 is 24.4 Å². The SMILES string of the molecule is COc1cc(CCNC(=O)C2CC(=O)N(c3ccccc3OC)C2)c([N+](=O)[O-])cc1OC. The van der Waals surface area contributed by atoms with Gasteiger partial charge in [-0.15, -0.1) is 0 Å². The second kappa shape index (κ2) is 9.99. The molecule has 2 aromatic rings. The molecule has 1 fully saturated rings. The van der Waals surface area contributed by atoms with E-state index < -0.39 is 10.8 Å². The second-order valence-corrected chi connectivity index (χ2v) is 7.21. The first-order valence-corrected chi connectivity index (χ1v) is 10.00. The number of para-hydroxylation sites is 2. The fourth-order valence-corrected chi connectivity index (χ4v) is 3.71. The fraction of sp³-hybridized carbons (Fsp3) is 0.364. The predicted octanol–water partition coefficient (Wildman–Crippen LogP) is 2.33. The maximum absolute atomic E-state index is 12.7. The van der Waals surface area contributed by atoms with Gasteiger partial charge in [0.25, 0.3) is 5.69 Å². The molecular weight excluding hydrogens is 418 g/mol. The van der Waals surface area contributed by atoms with Gasteiger partial charge in [-0.3, -0.25) is 19.7 Å². The molecule has 1 atom stereocenters. The van der Waals surface area contributed by atoms with Crippen LogP contribution in [0.3, 0.4) is 0 Å². The summed E-state index contributed by atoms with van der Waals surface area (Å²) in [5.41, 5.74) is 0.914. The van der Waals surface area contributed by atoms with Gasteiger partial charge in [-0.25, -0.2) is 0 Å². The van der Waals surface area contributed by atoms with Gasteiger partial charge >= 0.3 is 0 Å². The lowest BCUT2D eigenvalue weighted by Crippen LogP contribution is -2.34. The molecule has 0 aliphatic carbocycles. The first-order valence-electron chi connectivity index (χ1n) is 10.00. The van der Waals surface area contributed by atoms with Crippen molar-refractivity contribution in [2.24, 2.45) is 5.92 Å². The van der Waals surface area contributed by atoms with Gasteiger partial charge in [0.05, 0.1) is 43.9 Å². The molecule has 170 valence electrons. The summed E-state index contributed by atoms with van der Waals surface area (Å²) >= 11 is 0. The third kappa shape index (κ3) is 4.74. The molecule has 1 N–H and O–H groups in total. The van der Waals surface area contributed by atoms with Crippen LogP contribution in [0.2, 0.25) is 0 Å².